The largest absolute Gasteiger partial charge is 0.478 e. The summed E-state index contributed by atoms with van der Waals surface area (Å²) in [5.74, 6) is 0.116. The summed E-state index contributed by atoms with van der Waals surface area (Å²) in [6.45, 7) is 0. The Balaban J connectivity index is 1.73. The Kier molecular flexibility index (Phi) is 3.38. The number of carbonyl (C=O) groups is 1. The molecule has 3 rings (SSSR count). The molecule has 0 saturated heterocycles. The fourth-order valence-electron chi connectivity index (χ4n) is 2.24. The molecule has 1 heterocycles. The molecule has 20 heavy (non-hydrogen) atoms. The average molecular weight is 317 g/mol. The third-order valence-corrected chi connectivity index (χ3v) is 4.94. The fourth-order valence-corrected chi connectivity index (χ4v) is 3.04. The second kappa shape index (κ2) is 4.93. The molecule has 0 amide bonds. The lowest BCUT2D eigenvalue weighted by Gasteiger charge is -2.26. The van der Waals surface area contributed by atoms with Gasteiger partial charge in [-0.15, -0.1) is 0 Å². The monoisotopic (exact) mass is 316 g/mol. The maximum Gasteiger partial charge on any atom is 0.347 e. The minimum absolute atomic E-state index is 0.00796. The van der Waals surface area contributed by atoms with Crippen molar-refractivity contribution in [2.75, 3.05) is 0 Å². The smallest absolute Gasteiger partial charge is 0.347 e. The van der Waals surface area contributed by atoms with E-state index in [0.717, 1.165) is 19.3 Å². The molecule has 1 aromatic carbocycles. The first kappa shape index (κ1) is 13.7. The van der Waals surface area contributed by atoms with Crippen LogP contribution in [-0.2, 0) is 25.0 Å². The van der Waals surface area contributed by atoms with E-state index in [1.54, 1.807) is 0 Å². The SMILES string of the molecule is O=C(OC1CCC1)C1Cc2cc(S(=O)(=O)Cl)ccc2O1. The zero-order valence-corrected chi connectivity index (χ0v) is 12.1. The van der Waals surface area contributed by atoms with Gasteiger partial charge in [0.2, 0.25) is 0 Å². The first-order valence-corrected chi connectivity index (χ1v) is 8.69. The summed E-state index contributed by atoms with van der Waals surface area (Å²) in [6, 6.07) is 4.32. The number of hydrogen-bond acceptors (Lipinski definition) is 5. The molecular weight excluding hydrogens is 304 g/mol. The number of esters is 1. The highest BCUT2D eigenvalue weighted by molar-refractivity contribution is 8.13. The van der Waals surface area contributed by atoms with E-state index in [1.165, 1.54) is 18.2 Å². The van der Waals surface area contributed by atoms with Crippen LogP contribution < -0.4 is 4.74 Å². The lowest BCUT2D eigenvalue weighted by atomic mass is 9.96. The lowest BCUT2D eigenvalue weighted by molar-refractivity contribution is -0.160. The van der Waals surface area contributed by atoms with Crippen LogP contribution in [0.2, 0.25) is 0 Å². The molecule has 1 unspecified atom stereocenters. The molecule has 1 fully saturated rings. The number of carbonyl (C=O) groups excluding carboxylic acids is 1. The summed E-state index contributed by atoms with van der Waals surface area (Å²) in [5, 5.41) is 0. The number of ether oxygens (including phenoxy) is 2. The van der Waals surface area contributed by atoms with Crippen molar-refractivity contribution in [3.63, 3.8) is 0 Å². The van der Waals surface area contributed by atoms with Gasteiger partial charge >= 0.3 is 5.97 Å². The van der Waals surface area contributed by atoms with Gasteiger partial charge in [-0.2, -0.15) is 0 Å². The second-order valence-electron chi connectivity index (χ2n) is 5.01. The summed E-state index contributed by atoms with van der Waals surface area (Å²) in [4.78, 5) is 11.9. The van der Waals surface area contributed by atoms with E-state index in [9.17, 15) is 13.2 Å². The van der Waals surface area contributed by atoms with Gasteiger partial charge in [-0.25, -0.2) is 13.2 Å². The van der Waals surface area contributed by atoms with Crippen molar-refractivity contribution in [3.05, 3.63) is 23.8 Å². The molecule has 5 nitrogen and oxygen atoms in total. The minimum Gasteiger partial charge on any atom is -0.478 e. The summed E-state index contributed by atoms with van der Waals surface area (Å²) in [5.41, 5.74) is 0.655. The third kappa shape index (κ3) is 2.62. The maximum atomic E-state index is 11.9. The van der Waals surface area contributed by atoms with E-state index in [2.05, 4.69) is 0 Å². The van der Waals surface area contributed by atoms with Gasteiger partial charge in [0.1, 0.15) is 11.9 Å². The first-order chi connectivity index (χ1) is 9.43. The fraction of sp³-hybridized carbons (Fsp3) is 0.462. The van der Waals surface area contributed by atoms with Crippen LogP contribution in [0.15, 0.2) is 23.1 Å². The predicted molar refractivity (Wildman–Crippen MR) is 71.3 cm³/mol. The van der Waals surface area contributed by atoms with Gasteiger partial charge in [0.05, 0.1) is 4.90 Å². The van der Waals surface area contributed by atoms with E-state index >= 15 is 0 Å². The second-order valence-corrected chi connectivity index (χ2v) is 7.57. The highest BCUT2D eigenvalue weighted by Crippen LogP contribution is 2.33. The van der Waals surface area contributed by atoms with Crippen molar-refractivity contribution in [1.29, 1.82) is 0 Å². The predicted octanol–water partition coefficient (Wildman–Crippen LogP) is 2.01. The molecule has 1 saturated carbocycles. The third-order valence-electron chi connectivity index (χ3n) is 3.59. The quantitative estimate of drug-likeness (QED) is 0.630. The molecule has 0 radical (unpaired) electrons. The Morgan fingerprint density at radius 3 is 2.70 bits per heavy atom. The molecular formula is C13H13ClO5S. The molecule has 1 atom stereocenters. The molecule has 1 aliphatic heterocycles. The standard InChI is InChI=1S/C13H13ClO5S/c14-20(16,17)10-4-5-11-8(6-10)7-12(19-11)13(15)18-9-2-1-3-9/h4-6,9,12H,1-3,7H2. The Morgan fingerprint density at radius 1 is 1.35 bits per heavy atom. The number of fused-ring (bicyclic) bond motifs is 1. The maximum absolute atomic E-state index is 11.9. The van der Waals surface area contributed by atoms with Gasteiger partial charge in [-0.3, -0.25) is 0 Å². The number of halogens is 1. The Labute approximate surface area is 121 Å². The van der Waals surface area contributed by atoms with Gasteiger partial charge in [0.25, 0.3) is 9.05 Å². The molecule has 1 aromatic rings. The highest BCUT2D eigenvalue weighted by atomic mass is 35.7. The van der Waals surface area contributed by atoms with Crippen LogP contribution in [-0.4, -0.2) is 26.6 Å². The van der Waals surface area contributed by atoms with Crippen LogP contribution in [0.25, 0.3) is 0 Å². The molecule has 0 aromatic heterocycles. The molecule has 0 spiro atoms. The first-order valence-electron chi connectivity index (χ1n) is 6.38. The molecule has 1 aliphatic carbocycles. The van der Waals surface area contributed by atoms with Crippen LogP contribution in [0.4, 0.5) is 0 Å². The Bertz CT molecular complexity index is 651. The number of rotatable bonds is 3. The van der Waals surface area contributed by atoms with Crippen molar-refractivity contribution >= 4 is 25.7 Å². The summed E-state index contributed by atoms with van der Waals surface area (Å²) in [6.07, 6.45) is 2.51. The Morgan fingerprint density at radius 2 is 2.10 bits per heavy atom. The van der Waals surface area contributed by atoms with Gasteiger partial charge in [-0.1, -0.05) is 0 Å². The van der Waals surface area contributed by atoms with Crippen LogP contribution in [0.1, 0.15) is 24.8 Å². The normalized spacial score (nSPS) is 21.8. The van der Waals surface area contributed by atoms with Gasteiger partial charge in [0.15, 0.2) is 6.10 Å². The molecule has 0 N–H and O–H groups in total. The zero-order chi connectivity index (χ0) is 14.3. The van der Waals surface area contributed by atoms with Gasteiger partial charge in [0, 0.05) is 17.1 Å². The topological polar surface area (TPSA) is 69.7 Å². The zero-order valence-electron chi connectivity index (χ0n) is 10.5. The summed E-state index contributed by atoms with van der Waals surface area (Å²) in [7, 11) is 1.52. The molecule has 0 bridgehead atoms. The van der Waals surface area contributed by atoms with Crippen LogP contribution >= 0.6 is 10.7 Å². The van der Waals surface area contributed by atoms with Crippen LogP contribution in [0, 0.1) is 0 Å². The van der Waals surface area contributed by atoms with Crippen molar-refractivity contribution < 1.29 is 22.7 Å². The van der Waals surface area contributed by atoms with Crippen LogP contribution in [0.5, 0.6) is 5.75 Å². The molecule has 108 valence electrons. The minimum atomic E-state index is -3.78. The Hall–Kier alpha value is -1.27. The van der Waals surface area contributed by atoms with E-state index in [-0.39, 0.29) is 17.0 Å². The number of hydrogen-bond donors (Lipinski definition) is 0. The lowest BCUT2D eigenvalue weighted by Crippen LogP contribution is -2.34. The number of benzene rings is 1. The van der Waals surface area contributed by atoms with Crippen LogP contribution in [0.3, 0.4) is 0 Å². The summed E-state index contributed by atoms with van der Waals surface area (Å²) < 4.78 is 33.3. The van der Waals surface area contributed by atoms with Crippen molar-refractivity contribution in [2.45, 2.75) is 42.8 Å². The molecule has 7 heteroatoms. The van der Waals surface area contributed by atoms with E-state index in [1.807, 2.05) is 0 Å². The molecule has 2 aliphatic rings. The average Bonchev–Trinajstić information content (AvgIpc) is 2.75. The summed E-state index contributed by atoms with van der Waals surface area (Å²) >= 11 is 0. The van der Waals surface area contributed by atoms with E-state index in [0.29, 0.717) is 17.7 Å². The van der Waals surface area contributed by atoms with Gasteiger partial charge < -0.3 is 9.47 Å². The van der Waals surface area contributed by atoms with Gasteiger partial charge in [-0.05, 0) is 43.0 Å². The van der Waals surface area contributed by atoms with E-state index < -0.39 is 15.2 Å². The van der Waals surface area contributed by atoms with Crippen molar-refractivity contribution in [3.8, 4) is 5.75 Å². The van der Waals surface area contributed by atoms with Crippen molar-refractivity contribution in [1.82, 2.24) is 0 Å². The van der Waals surface area contributed by atoms with E-state index in [4.69, 9.17) is 20.2 Å². The van der Waals surface area contributed by atoms with Crippen molar-refractivity contribution in [2.24, 2.45) is 0 Å². The highest BCUT2D eigenvalue weighted by Gasteiger charge is 2.33.